The number of benzene rings is 1. The summed E-state index contributed by atoms with van der Waals surface area (Å²) < 4.78 is 46.1. The lowest BCUT2D eigenvalue weighted by atomic mass is 9.69. The summed E-state index contributed by atoms with van der Waals surface area (Å²) >= 11 is 0. The average molecular weight is 624 g/mol. The first kappa shape index (κ1) is 30.8. The number of carbonyl (C=O) groups is 1. The number of pyridine rings is 2. The second-order valence-corrected chi connectivity index (χ2v) is 12.1. The summed E-state index contributed by atoms with van der Waals surface area (Å²) in [5.74, 6) is -0.224. The van der Waals surface area contributed by atoms with Gasteiger partial charge in [-0.1, -0.05) is 6.42 Å². The highest BCUT2D eigenvalue weighted by molar-refractivity contribution is 5.91. The van der Waals surface area contributed by atoms with E-state index >= 15 is 0 Å². The third-order valence-electron chi connectivity index (χ3n) is 8.89. The Labute approximate surface area is 258 Å². The van der Waals surface area contributed by atoms with E-state index in [1.807, 2.05) is 36.2 Å². The van der Waals surface area contributed by atoms with Gasteiger partial charge in [-0.2, -0.15) is 13.2 Å². The van der Waals surface area contributed by atoms with Gasteiger partial charge >= 0.3 is 12.1 Å². The number of aromatic nitrogens is 4. The molecule has 4 heterocycles. The van der Waals surface area contributed by atoms with Gasteiger partial charge in [0.1, 0.15) is 11.3 Å². The normalized spacial score (nSPS) is 17.0. The Kier molecular flexibility index (Phi) is 8.40. The molecule has 2 aliphatic rings. The first-order valence-electron chi connectivity index (χ1n) is 15.0. The average Bonchev–Trinajstić information content (AvgIpc) is 3.44. The van der Waals surface area contributed by atoms with E-state index < -0.39 is 17.7 Å². The van der Waals surface area contributed by atoms with Gasteiger partial charge in [-0.05, 0) is 49.2 Å². The predicted molar refractivity (Wildman–Crippen MR) is 165 cm³/mol. The molecule has 1 aliphatic carbocycles. The Bertz CT molecular complexity index is 1660. The minimum absolute atomic E-state index is 0.00873. The number of carboxylic acid groups (broad SMARTS) is 1. The number of methoxy groups -OCH3 is 1. The van der Waals surface area contributed by atoms with Gasteiger partial charge in [0.05, 0.1) is 30.1 Å². The molecule has 0 amide bonds. The van der Waals surface area contributed by atoms with Crippen molar-refractivity contribution in [2.45, 2.75) is 25.4 Å². The van der Waals surface area contributed by atoms with E-state index in [1.54, 1.807) is 13.2 Å². The van der Waals surface area contributed by atoms with Crippen LogP contribution in [0.2, 0.25) is 0 Å². The SMILES string of the molecule is COCC1(CN(C)c2cc(-c3cncc(C(F)(F)F)c3)nc3nc(-c4ccc(N5CCN(CC(=O)O)CC5)cc4)[nH]c23)CCC1. The highest BCUT2D eigenvalue weighted by Crippen LogP contribution is 2.43. The van der Waals surface area contributed by atoms with Gasteiger partial charge < -0.3 is 24.6 Å². The maximum Gasteiger partial charge on any atom is 0.417 e. The molecule has 0 bridgehead atoms. The summed E-state index contributed by atoms with van der Waals surface area (Å²) in [6.07, 6.45) is 0.886. The number of nitrogens with one attached hydrogen (secondary N) is 1. The van der Waals surface area contributed by atoms with E-state index in [2.05, 4.69) is 24.8 Å². The summed E-state index contributed by atoms with van der Waals surface area (Å²) in [4.78, 5) is 34.1. The molecule has 4 aromatic rings. The van der Waals surface area contributed by atoms with Crippen molar-refractivity contribution in [3.8, 4) is 22.6 Å². The first-order valence-corrected chi connectivity index (χ1v) is 15.0. The van der Waals surface area contributed by atoms with Crippen molar-refractivity contribution in [3.05, 3.63) is 54.4 Å². The zero-order chi connectivity index (χ0) is 31.8. The van der Waals surface area contributed by atoms with Gasteiger partial charge in [0.15, 0.2) is 5.65 Å². The summed E-state index contributed by atoms with van der Waals surface area (Å²) in [6, 6.07) is 10.8. The minimum Gasteiger partial charge on any atom is -0.480 e. The van der Waals surface area contributed by atoms with Gasteiger partial charge in [-0.3, -0.25) is 14.7 Å². The third-order valence-corrected chi connectivity index (χ3v) is 8.89. The number of hydrogen-bond acceptors (Lipinski definition) is 8. The van der Waals surface area contributed by atoms with E-state index in [0.717, 1.165) is 61.6 Å². The monoisotopic (exact) mass is 623 g/mol. The molecule has 6 rings (SSSR count). The van der Waals surface area contributed by atoms with E-state index in [-0.39, 0.29) is 17.5 Å². The van der Waals surface area contributed by atoms with E-state index in [1.165, 1.54) is 6.20 Å². The largest absolute Gasteiger partial charge is 0.480 e. The molecule has 2 N–H and O–H groups in total. The fourth-order valence-electron chi connectivity index (χ4n) is 6.40. The molecule has 2 fully saturated rings. The van der Waals surface area contributed by atoms with Gasteiger partial charge in [0.25, 0.3) is 0 Å². The molecule has 1 aromatic carbocycles. The van der Waals surface area contributed by atoms with Crippen LogP contribution >= 0.6 is 0 Å². The Morgan fingerprint density at radius 1 is 1.07 bits per heavy atom. The Morgan fingerprint density at radius 2 is 1.80 bits per heavy atom. The molecule has 1 aliphatic heterocycles. The number of aliphatic carboxylic acids is 1. The number of anilines is 2. The number of hydrogen-bond donors (Lipinski definition) is 2. The predicted octanol–water partition coefficient (Wildman–Crippen LogP) is 5.17. The number of carboxylic acids is 1. The lowest BCUT2D eigenvalue weighted by Gasteiger charge is -2.44. The van der Waals surface area contributed by atoms with Crippen molar-refractivity contribution in [1.29, 1.82) is 0 Å². The summed E-state index contributed by atoms with van der Waals surface area (Å²) in [5, 5.41) is 9.07. The van der Waals surface area contributed by atoms with Crippen molar-refractivity contribution in [1.82, 2.24) is 24.8 Å². The molecule has 3 aromatic heterocycles. The maximum atomic E-state index is 13.5. The quantitative estimate of drug-likeness (QED) is 0.247. The number of rotatable bonds is 10. The van der Waals surface area contributed by atoms with Gasteiger partial charge in [0, 0.05) is 81.5 Å². The van der Waals surface area contributed by atoms with Crippen LogP contribution in [0, 0.1) is 5.41 Å². The van der Waals surface area contributed by atoms with Crippen LogP contribution in [0.4, 0.5) is 24.5 Å². The number of nitrogens with zero attached hydrogens (tertiary/aromatic N) is 6. The number of fused-ring (bicyclic) bond motifs is 1. The molecule has 0 unspecified atom stereocenters. The number of H-pyrrole nitrogens is 1. The molecule has 0 radical (unpaired) electrons. The van der Waals surface area contributed by atoms with Crippen molar-refractivity contribution >= 4 is 28.5 Å². The minimum atomic E-state index is -4.53. The molecule has 1 saturated carbocycles. The second kappa shape index (κ2) is 12.3. The highest BCUT2D eigenvalue weighted by Gasteiger charge is 2.38. The number of piperazine rings is 1. The number of alkyl halides is 3. The van der Waals surface area contributed by atoms with Gasteiger partial charge in [-0.25, -0.2) is 9.97 Å². The molecule has 0 spiro atoms. The lowest BCUT2D eigenvalue weighted by molar-refractivity contribution is -0.139. The second-order valence-electron chi connectivity index (χ2n) is 12.1. The van der Waals surface area contributed by atoms with Crippen LogP contribution in [-0.2, 0) is 15.7 Å². The Hall–Kier alpha value is -4.23. The number of aromatic amines is 1. The van der Waals surface area contributed by atoms with Gasteiger partial charge in [0.2, 0.25) is 0 Å². The number of ether oxygens (including phenoxy) is 1. The van der Waals surface area contributed by atoms with E-state index in [9.17, 15) is 18.0 Å². The topological polar surface area (TPSA) is 111 Å². The van der Waals surface area contributed by atoms with Crippen molar-refractivity contribution in [3.63, 3.8) is 0 Å². The molecule has 45 heavy (non-hydrogen) atoms. The lowest BCUT2D eigenvalue weighted by Crippen LogP contribution is -2.47. The molecule has 0 atom stereocenters. The van der Waals surface area contributed by atoms with Crippen LogP contribution in [0.3, 0.4) is 0 Å². The fourth-order valence-corrected chi connectivity index (χ4v) is 6.40. The zero-order valence-corrected chi connectivity index (χ0v) is 25.3. The van der Waals surface area contributed by atoms with Crippen LogP contribution < -0.4 is 9.80 Å². The summed E-state index contributed by atoms with van der Waals surface area (Å²) in [7, 11) is 3.68. The Morgan fingerprint density at radius 3 is 2.42 bits per heavy atom. The number of halogens is 3. The molecule has 238 valence electrons. The molecule has 1 saturated heterocycles. The van der Waals surface area contributed by atoms with E-state index in [0.29, 0.717) is 48.9 Å². The van der Waals surface area contributed by atoms with Crippen LogP contribution in [0.5, 0.6) is 0 Å². The smallest absolute Gasteiger partial charge is 0.417 e. The van der Waals surface area contributed by atoms with Crippen LogP contribution in [0.1, 0.15) is 24.8 Å². The molecule has 10 nitrogen and oxygen atoms in total. The molecular formula is C32H36F3N7O3. The number of imidazole rings is 1. The van der Waals surface area contributed by atoms with Crippen LogP contribution in [0.25, 0.3) is 33.8 Å². The first-order chi connectivity index (χ1) is 21.5. The van der Waals surface area contributed by atoms with Crippen molar-refractivity contribution in [2.24, 2.45) is 5.41 Å². The van der Waals surface area contributed by atoms with Crippen LogP contribution in [0.15, 0.2) is 48.8 Å². The fraction of sp³-hybridized carbons (Fsp3) is 0.438. The van der Waals surface area contributed by atoms with Gasteiger partial charge in [-0.15, -0.1) is 0 Å². The molecule has 13 heteroatoms. The maximum absolute atomic E-state index is 13.5. The van der Waals surface area contributed by atoms with Crippen molar-refractivity contribution in [2.75, 3.05) is 69.8 Å². The zero-order valence-electron chi connectivity index (χ0n) is 25.3. The van der Waals surface area contributed by atoms with Crippen LogP contribution in [-0.4, -0.2) is 95.9 Å². The standard InChI is InChI=1S/C32H36F3N7O3/c1-40(19-31(20-45-2)8-3-9-31)26-15-25(22-14-23(17-36-16-22)32(33,34)35)37-30-28(26)38-29(39-30)21-4-6-24(7-5-21)42-12-10-41(11-13-42)18-27(43)44/h4-7,14-17H,3,8-13,18-20H2,1-2H3,(H,43,44)(H,37,38,39). The Balaban J connectivity index is 1.32. The summed E-state index contributed by atoms with van der Waals surface area (Å²) in [6.45, 7) is 4.20. The molecular weight excluding hydrogens is 587 g/mol. The third kappa shape index (κ3) is 6.59. The summed E-state index contributed by atoms with van der Waals surface area (Å²) in [5.41, 5.74) is 3.53. The highest BCUT2D eigenvalue weighted by atomic mass is 19.4. The van der Waals surface area contributed by atoms with Crippen molar-refractivity contribution < 1.29 is 27.8 Å². The van der Waals surface area contributed by atoms with E-state index in [4.69, 9.17) is 14.8 Å².